The Morgan fingerprint density at radius 3 is 2.63 bits per heavy atom. The minimum atomic E-state index is -3.01. The van der Waals surface area contributed by atoms with E-state index in [2.05, 4.69) is 5.43 Å². The van der Waals surface area contributed by atoms with Crippen molar-refractivity contribution in [3.63, 3.8) is 0 Å². The van der Waals surface area contributed by atoms with E-state index in [0.717, 1.165) is 0 Å². The quantitative estimate of drug-likeness (QED) is 0.582. The average Bonchev–Trinajstić information content (AvgIpc) is 2.34. The van der Waals surface area contributed by atoms with Crippen molar-refractivity contribution in [1.29, 1.82) is 0 Å². The van der Waals surface area contributed by atoms with Crippen molar-refractivity contribution < 1.29 is 17.5 Å². The maximum absolute atomic E-state index is 13.8. The second-order valence-corrected chi connectivity index (χ2v) is 6.64. The summed E-state index contributed by atoms with van der Waals surface area (Å²) >= 11 is 0. The molecule has 0 heterocycles. The maximum atomic E-state index is 13.8. The second kappa shape index (κ2) is 6.83. The summed E-state index contributed by atoms with van der Waals surface area (Å²) in [5, 5.41) is 0. The summed E-state index contributed by atoms with van der Waals surface area (Å²) in [7, 11) is -1.56. The molecule has 0 aliphatic rings. The Kier molecular flexibility index (Phi) is 5.71. The van der Waals surface area contributed by atoms with E-state index in [-0.39, 0.29) is 5.75 Å². The van der Waals surface area contributed by atoms with Gasteiger partial charge in [0.15, 0.2) is 0 Å². The van der Waals surface area contributed by atoms with Crippen molar-refractivity contribution >= 4 is 9.84 Å². The predicted molar refractivity (Wildman–Crippen MR) is 72.0 cm³/mol. The fourth-order valence-electron chi connectivity index (χ4n) is 1.80. The van der Waals surface area contributed by atoms with E-state index in [4.69, 9.17) is 10.6 Å². The van der Waals surface area contributed by atoms with Gasteiger partial charge in [0.1, 0.15) is 21.4 Å². The fraction of sp³-hybridized carbons (Fsp3) is 0.500. The Hall–Kier alpha value is -1.18. The van der Waals surface area contributed by atoms with Crippen LogP contribution in [0.25, 0.3) is 0 Å². The number of sulfone groups is 1. The summed E-state index contributed by atoms with van der Waals surface area (Å²) in [6.07, 6.45) is 2.03. The summed E-state index contributed by atoms with van der Waals surface area (Å²) in [5.41, 5.74) is 2.91. The molecule has 0 aromatic heterocycles. The van der Waals surface area contributed by atoms with Crippen LogP contribution in [0.3, 0.4) is 0 Å². The van der Waals surface area contributed by atoms with Crippen LogP contribution in [0.2, 0.25) is 0 Å². The number of hydrazine groups is 1. The van der Waals surface area contributed by atoms with Gasteiger partial charge < -0.3 is 4.74 Å². The number of halogens is 1. The Balaban J connectivity index is 2.74. The van der Waals surface area contributed by atoms with Crippen LogP contribution < -0.4 is 16.0 Å². The molecule has 0 bridgehead atoms. The lowest BCUT2D eigenvalue weighted by atomic mass is 10.0. The SMILES string of the molecule is COc1ccc(C(CCCS(C)(=O)=O)NN)c(F)c1. The van der Waals surface area contributed by atoms with Crippen LogP contribution in [0.15, 0.2) is 18.2 Å². The van der Waals surface area contributed by atoms with Crippen molar-refractivity contribution in [3.05, 3.63) is 29.6 Å². The molecule has 19 heavy (non-hydrogen) atoms. The minimum absolute atomic E-state index is 0.0585. The van der Waals surface area contributed by atoms with Crippen molar-refractivity contribution in [2.24, 2.45) is 5.84 Å². The minimum Gasteiger partial charge on any atom is -0.497 e. The van der Waals surface area contributed by atoms with E-state index in [1.54, 1.807) is 12.1 Å². The monoisotopic (exact) mass is 290 g/mol. The van der Waals surface area contributed by atoms with E-state index in [1.807, 2.05) is 0 Å². The molecular weight excluding hydrogens is 271 g/mol. The molecule has 0 spiro atoms. The van der Waals surface area contributed by atoms with E-state index in [1.165, 1.54) is 19.4 Å². The third-order valence-electron chi connectivity index (χ3n) is 2.79. The van der Waals surface area contributed by atoms with Gasteiger partial charge in [0.25, 0.3) is 0 Å². The molecule has 0 amide bonds. The number of rotatable bonds is 7. The molecule has 0 radical (unpaired) electrons. The topological polar surface area (TPSA) is 81.4 Å². The summed E-state index contributed by atoms with van der Waals surface area (Å²) < 4.78 is 40.9. The smallest absolute Gasteiger partial charge is 0.147 e. The summed E-state index contributed by atoms with van der Waals surface area (Å²) in [5.74, 6) is 5.45. The molecule has 5 nitrogen and oxygen atoms in total. The van der Waals surface area contributed by atoms with Gasteiger partial charge in [0.05, 0.1) is 7.11 Å². The first-order valence-corrected chi connectivity index (χ1v) is 7.90. The molecule has 0 fully saturated rings. The first kappa shape index (κ1) is 15.9. The van der Waals surface area contributed by atoms with Crippen LogP contribution in [0, 0.1) is 5.82 Å². The molecule has 1 rings (SSSR count). The highest BCUT2D eigenvalue weighted by Crippen LogP contribution is 2.24. The van der Waals surface area contributed by atoms with Gasteiger partial charge in [0.2, 0.25) is 0 Å². The fourth-order valence-corrected chi connectivity index (χ4v) is 2.49. The number of benzene rings is 1. The number of ether oxygens (including phenoxy) is 1. The Morgan fingerprint density at radius 1 is 1.47 bits per heavy atom. The molecule has 3 N–H and O–H groups in total. The first-order chi connectivity index (χ1) is 8.87. The molecule has 108 valence electrons. The number of hydrogen-bond donors (Lipinski definition) is 2. The zero-order valence-electron chi connectivity index (χ0n) is 11.0. The van der Waals surface area contributed by atoms with E-state index in [0.29, 0.717) is 24.2 Å². The number of nitrogens with two attached hydrogens (primary N) is 1. The van der Waals surface area contributed by atoms with Gasteiger partial charge in [-0.05, 0) is 18.9 Å². The molecule has 1 unspecified atom stereocenters. The Bertz CT molecular complexity index is 520. The molecule has 0 aliphatic carbocycles. The highest BCUT2D eigenvalue weighted by atomic mass is 32.2. The van der Waals surface area contributed by atoms with E-state index in [9.17, 15) is 12.8 Å². The predicted octanol–water partition coefficient (Wildman–Crippen LogP) is 1.16. The van der Waals surface area contributed by atoms with E-state index < -0.39 is 21.7 Å². The van der Waals surface area contributed by atoms with Crippen molar-refractivity contribution in [2.75, 3.05) is 19.1 Å². The van der Waals surface area contributed by atoms with Gasteiger partial charge in [-0.15, -0.1) is 0 Å². The maximum Gasteiger partial charge on any atom is 0.147 e. The lowest BCUT2D eigenvalue weighted by Gasteiger charge is -2.17. The van der Waals surface area contributed by atoms with Crippen molar-refractivity contribution in [2.45, 2.75) is 18.9 Å². The van der Waals surface area contributed by atoms with Gasteiger partial charge in [-0.2, -0.15) is 0 Å². The number of hydrogen-bond acceptors (Lipinski definition) is 5. The van der Waals surface area contributed by atoms with Gasteiger partial charge in [-0.25, -0.2) is 12.8 Å². The standard InChI is InChI=1S/C12H19FN2O3S/c1-18-9-5-6-10(11(13)8-9)12(15-14)4-3-7-19(2,16)17/h5-6,8,12,15H,3-4,7,14H2,1-2H3. The van der Waals surface area contributed by atoms with E-state index >= 15 is 0 Å². The summed E-state index contributed by atoms with van der Waals surface area (Å²) in [4.78, 5) is 0. The van der Waals surface area contributed by atoms with Gasteiger partial charge >= 0.3 is 0 Å². The Morgan fingerprint density at radius 2 is 2.16 bits per heavy atom. The van der Waals surface area contributed by atoms with Crippen LogP contribution in [-0.4, -0.2) is 27.5 Å². The van der Waals surface area contributed by atoms with Gasteiger partial charge in [-0.1, -0.05) is 6.07 Å². The van der Waals surface area contributed by atoms with Crippen molar-refractivity contribution in [3.8, 4) is 5.75 Å². The van der Waals surface area contributed by atoms with Gasteiger partial charge in [0, 0.05) is 29.7 Å². The lowest BCUT2D eigenvalue weighted by molar-refractivity contribution is 0.408. The van der Waals surface area contributed by atoms with Crippen LogP contribution in [0.1, 0.15) is 24.4 Å². The second-order valence-electron chi connectivity index (χ2n) is 4.38. The zero-order valence-corrected chi connectivity index (χ0v) is 11.8. The van der Waals surface area contributed by atoms with Gasteiger partial charge in [-0.3, -0.25) is 11.3 Å². The molecule has 0 saturated heterocycles. The van der Waals surface area contributed by atoms with Crippen LogP contribution >= 0.6 is 0 Å². The summed E-state index contributed by atoms with van der Waals surface area (Å²) in [6.45, 7) is 0. The zero-order chi connectivity index (χ0) is 14.5. The highest BCUT2D eigenvalue weighted by molar-refractivity contribution is 7.90. The molecule has 1 aromatic rings. The van der Waals surface area contributed by atoms with Crippen LogP contribution in [0.5, 0.6) is 5.75 Å². The molecule has 7 heteroatoms. The number of nitrogens with one attached hydrogen (secondary N) is 1. The molecular formula is C12H19FN2O3S. The third kappa shape index (κ3) is 5.14. The molecule has 0 aliphatic heterocycles. The lowest BCUT2D eigenvalue weighted by Crippen LogP contribution is -2.29. The Labute approximate surface area is 112 Å². The first-order valence-electron chi connectivity index (χ1n) is 5.84. The van der Waals surface area contributed by atoms with Crippen LogP contribution in [0.4, 0.5) is 4.39 Å². The highest BCUT2D eigenvalue weighted by Gasteiger charge is 2.15. The van der Waals surface area contributed by atoms with Crippen LogP contribution in [-0.2, 0) is 9.84 Å². The average molecular weight is 290 g/mol. The molecule has 0 saturated carbocycles. The number of methoxy groups -OCH3 is 1. The molecule has 1 aromatic carbocycles. The summed E-state index contributed by atoms with van der Waals surface area (Å²) in [6, 6.07) is 4.07. The third-order valence-corrected chi connectivity index (χ3v) is 3.82. The molecule has 1 atom stereocenters. The largest absolute Gasteiger partial charge is 0.497 e. The van der Waals surface area contributed by atoms with Crippen molar-refractivity contribution in [1.82, 2.24) is 5.43 Å². The normalized spacial score (nSPS) is 13.3.